The number of hydrogen-bond acceptors (Lipinski definition) is 2. The summed E-state index contributed by atoms with van der Waals surface area (Å²) >= 11 is 0. The minimum atomic E-state index is -0.0415. The Hall–Kier alpha value is -2.33. The van der Waals surface area contributed by atoms with E-state index < -0.39 is 0 Å². The van der Waals surface area contributed by atoms with Gasteiger partial charge in [0.2, 0.25) is 0 Å². The van der Waals surface area contributed by atoms with Gasteiger partial charge >= 0.3 is 6.03 Å². The standard InChI is InChI=1S/C24H31N3O/c1-25(2)24(21-12-8-5-9-13-21)16-14-23(15-17-24)19-27(22(28)26(23)3)18-20-10-6-4-7-11-20/h4-13H,14-19H2,1-3H3. The zero-order valence-corrected chi connectivity index (χ0v) is 17.3. The molecule has 4 nitrogen and oxygen atoms in total. The Labute approximate surface area is 168 Å². The average Bonchev–Trinajstić information content (AvgIpc) is 2.95. The molecule has 2 amide bonds. The van der Waals surface area contributed by atoms with E-state index >= 15 is 0 Å². The van der Waals surface area contributed by atoms with Crippen molar-refractivity contribution in [3.63, 3.8) is 0 Å². The molecule has 1 heterocycles. The third kappa shape index (κ3) is 3.10. The van der Waals surface area contributed by atoms with Gasteiger partial charge in [-0.05, 0) is 50.9 Å². The molecule has 1 saturated heterocycles. The average molecular weight is 378 g/mol. The summed E-state index contributed by atoms with van der Waals surface area (Å²) in [6, 6.07) is 21.3. The molecule has 0 radical (unpaired) electrons. The summed E-state index contributed by atoms with van der Waals surface area (Å²) in [6.07, 6.45) is 4.21. The summed E-state index contributed by atoms with van der Waals surface area (Å²) < 4.78 is 0. The lowest BCUT2D eigenvalue weighted by Gasteiger charge is -2.50. The molecular formula is C24H31N3O. The first-order chi connectivity index (χ1) is 13.5. The predicted octanol–water partition coefficient (Wildman–Crippen LogP) is 4.32. The van der Waals surface area contributed by atoms with Gasteiger partial charge < -0.3 is 9.80 Å². The van der Waals surface area contributed by atoms with Crippen LogP contribution < -0.4 is 0 Å². The van der Waals surface area contributed by atoms with Gasteiger partial charge in [0, 0.05) is 25.7 Å². The van der Waals surface area contributed by atoms with Gasteiger partial charge in [0.25, 0.3) is 0 Å². The second kappa shape index (κ2) is 7.25. The maximum Gasteiger partial charge on any atom is 0.320 e. The molecule has 2 aromatic rings. The topological polar surface area (TPSA) is 26.8 Å². The van der Waals surface area contributed by atoms with Gasteiger partial charge in [0.1, 0.15) is 0 Å². The highest BCUT2D eigenvalue weighted by molar-refractivity contribution is 5.78. The number of benzene rings is 2. The van der Waals surface area contributed by atoms with E-state index in [9.17, 15) is 4.79 Å². The summed E-state index contributed by atoms with van der Waals surface area (Å²) in [4.78, 5) is 19.4. The molecule has 4 rings (SSSR count). The molecule has 0 atom stereocenters. The minimum absolute atomic E-state index is 0.0415. The normalized spacial score (nSPS) is 27.8. The van der Waals surface area contributed by atoms with Crippen molar-refractivity contribution in [2.75, 3.05) is 27.7 Å². The van der Waals surface area contributed by atoms with E-state index in [1.807, 2.05) is 35.0 Å². The Morgan fingerprint density at radius 2 is 1.46 bits per heavy atom. The molecule has 28 heavy (non-hydrogen) atoms. The minimum Gasteiger partial charge on any atom is -0.320 e. The van der Waals surface area contributed by atoms with Gasteiger partial charge in [-0.1, -0.05) is 60.7 Å². The molecular weight excluding hydrogens is 346 g/mol. The highest BCUT2D eigenvalue weighted by Gasteiger charge is 2.53. The summed E-state index contributed by atoms with van der Waals surface area (Å²) in [5.74, 6) is 0. The summed E-state index contributed by atoms with van der Waals surface area (Å²) in [6.45, 7) is 1.53. The number of carbonyl (C=O) groups is 1. The zero-order chi connectivity index (χ0) is 19.8. The Bertz CT molecular complexity index is 810. The van der Waals surface area contributed by atoms with Crippen LogP contribution in [0.15, 0.2) is 60.7 Å². The number of rotatable bonds is 4. The maximum atomic E-state index is 13.0. The van der Waals surface area contributed by atoms with Crippen LogP contribution in [0.25, 0.3) is 0 Å². The van der Waals surface area contributed by atoms with Crippen LogP contribution in [0, 0.1) is 0 Å². The van der Waals surface area contributed by atoms with Gasteiger partial charge in [-0.25, -0.2) is 4.79 Å². The molecule has 2 aromatic carbocycles. The van der Waals surface area contributed by atoms with E-state index in [1.54, 1.807) is 0 Å². The van der Waals surface area contributed by atoms with E-state index in [1.165, 1.54) is 11.1 Å². The largest absolute Gasteiger partial charge is 0.320 e. The highest BCUT2D eigenvalue weighted by Crippen LogP contribution is 2.48. The van der Waals surface area contributed by atoms with E-state index in [2.05, 4.69) is 61.5 Å². The molecule has 148 valence electrons. The van der Waals surface area contributed by atoms with Crippen molar-refractivity contribution < 1.29 is 4.79 Å². The Balaban J connectivity index is 1.53. The fourth-order valence-corrected chi connectivity index (χ4v) is 5.24. The van der Waals surface area contributed by atoms with Crippen LogP contribution in [-0.4, -0.2) is 54.0 Å². The summed E-state index contributed by atoms with van der Waals surface area (Å²) in [7, 11) is 6.38. The quantitative estimate of drug-likeness (QED) is 0.793. The fraction of sp³-hybridized carbons (Fsp3) is 0.458. The van der Waals surface area contributed by atoms with E-state index in [0.717, 1.165) is 32.2 Å². The first kappa shape index (κ1) is 19.0. The zero-order valence-electron chi connectivity index (χ0n) is 17.3. The van der Waals surface area contributed by atoms with Crippen LogP contribution in [0.4, 0.5) is 4.79 Å². The molecule has 4 heteroatoms. The first-order valence-electron chi connectivity index (χ1n) is 10.3. The molecule has 0 aromatic heterocycles. The van der Waals surface area contributed by atoms with Crippen molar-refractivity contribution >= 4 is 6.03 Å². The molecule has 1 spiro atoms. The molecule has 0 N–H and O–H groups in total. The lowest BCUT2D eigenvalue weighted by molar-refractivity contribution is 0.0319. The van der Waals surface area contributed by atoms with Crippen molar-refractivity contribution in [2.24, 2.45) is 0 Å². The van der Waals surface area contributed by atoms with Crippen molar-refractivity contribution in [1.29, 1.82) is 0 Å². The first-order valence-corrected chi connectivity index (χ1v) is 10.3. The van der Waals surface area contributed by atoms with Crippen molar-refractivity contribution in [3.05, 3.63) is 71.8 Å². The predicted molar refractivity (Wildman–Crippen MR) is 113 cm³/mol. The van der Waals surface area contributed by atoms with Crippen molar-refractivity contribution in [2.45, 2.75) is 43.3 Å². The van der Waals surface area contributed by atoms with Crippen LogP contribution in [-0.2, 0) is 12.1 Å². The smallest absolute Gasteiger partial charge is 0.320 e. The Kier molecular flexibility index (Phi) is 4.92. The van der Waals surface area contributed by atoms with Crippen LogP contribution in [0.3, 0.4) is 0 Å². The van der Waals surface area contributed by atoms with Gasteiger partial charge in [-0.2, -0.15) is 0 Å². The summed E-state index contributed by atoms with van der Waals surface area (Å²) in [5, 5.41) is 0. The van der Waals surface area contributed by atoms with Gasteiger partial charge in [0.15, 0.2) is 0 Å². The Morgan fingerprint density at radius 3 is 2.04 bits per heavy atom. The van der Waals surface area contributed by atoms with Crippen LogP contribution in [0.5, 0.6) is 0 Å². The SMILES string of the molecule is CN1C(=O)N(Cc2ccccc2)CC12CCC(c1ccccc1)(N(C)C)CC2. The van der Waals surface area contributed by atoms with E-state index in [-0.39, 0.29) is 17.1 Å². The maximum absolute atomic E-state index is 13.0. The fourth-order valence-electron chi connectivity index (χ4n) is 5.24. The molecule has 1 saturated carbocycles. The van der Waals surface area contributed by atoms with Crippen molar-refractivity contribution in [1.82, 2.24) is 14.7 Å². The van der Waals surface area contributed by atoms with Gasteiger partial charge in [0.05, 0.1) is 5.54 Å². The lowest BCUT2D eigenvalue weighted by atomic mass is 9.68. The van der Waals surface area contributed by atoms with Crippen LogP contribution in [0.2, 0.25) is 0 Å². The van der Waals surface area contributed by atoms with Crippen LogP contribution >= 0.6 is 0 Å². The second-order valence-electron chi connectivity index (χ2n) is 8.70. The highest BCUT2D eigenvalue weighted by atomic mass is 16.2. The monoisotopic (exact) mass is 377 g/mol. The molecule has 0 unspecified atom stereocenters. The summed E-state index contributed by atoms with van der Waals surface area (Å²) in [5.41, 5.74) is 2.61. The number of amides is 2. The number of likely N-dealkylation sites (N-methyl/N-ethyl adjacent to an activating group) is 1. The number of hydrogen-bond donors (Lipinski definition) is 0. The Morgan fingerprint density at radius 1 is 0.893 bits per heavy atom. The number of nitrogens with zero attached hydrogens (tertiary/aromatic N) is 3. The van der Waals surface area contributed by atoms with Gasteiger partial charge in [-0.3, -0.25) is 4.90 Å². The van der Waals surface area contributed by atoms with Crippen LogP contribution in [0.1, 0.15) is 36.8 Å². The molecule has 1 aliphatic heterocycles. The number of urea groups is 1. The second-order valence-corrected chi connectivity index (χ2v) is 8.70. The molecule has 2 aliphatic rings. The third-order valence-corrected chi connectivity index (χ3v) is 7.15. The number of carbonyl (C=O) groups excluding carboxylic acids is 1. The lowest BCUT2D eigenvalue weighted by Crippen LogP contribution is -2.54. The molecule has 2 fully saturated rings. The van der Waals surface area contributed by atoms with Crippen molar-refractivity contribution in [3.8, 4) is 0 Å². The van der Waals surface area contributed by atoms with E-state index in [4.69, 9.17) is 0 Å². The molecule has 1 aliphatic carbocycles. The molecule has 0 bridgehead atoms. The third-order valence-electron chi connectivity index (χ3n) is 7.15. The van der Waals surface area contributed by atoms with Gasteiger partial charge in [-0.15, -0.1) is 0 Å². The van der Waals surface area contributed by atoms with E-state index in [0.29, 0.717) is 6.54 Å².